The zero-order valence-electron chi connectivity index (χ0n) is 15.1. The summed E-state index contributed by atoms with van der Waals surface area (Å²) in [5.74, 6) is 0.578. The van der Waals surface area contributed by atoms with Crippen LogP contribution in [0.4, 0.5) is 5.69 Å². The van der Waals surface area contributed by atoms with Crippen LogP contribution in [0.25, 0.3) is 11.1 Å². The summed E-state index contributed by atoms with van der Waals surface area (Å²) in [6.07, 6.45) is 3.77. The van der Waals surface area contributed by atoms with Gasteiger partial charge in [-0.15, -0.1) is 0 Å². The molecule has 0 aliphatic carbocycles. The summed E-state index contributed by atoms with van der Waals surface area (Å²) in [4.78, 5) is 8.86. The summed E-state index contributed by atoms with van der Waals surface area (Å²) in [5.41, 5.74) is 9.70. The number of benzene rings is 2. The monoisotopic (exact) mass is 336 g/mol. The molecule has 0 aromatic heterocycles. The first-order valence-corrected chi connectivity index (χ1v) is 9.15. The van der Waals surface area contributed by atoms with Gasteiger partial charge in [0.2, 0.25) is 0 Å². The van der Waals surface area contributed by atoms with Gasteiger partial charge in [-0.2, -0.15) is 0 Å². The molecule has 25 heavy (non-hydrogen) atoms. The summed E-state index contributed by atoms with van der Waals surface area (Å²) in [6.45, 7) is 4.51. The Morgan fingerprint density at radius 2 is 1.64 bits per heavy atom. The van der Waals surface area contributed by atoms with Gasteiger partial charge in [0.05, 0.1) is 0 Å². The molecule has 4 heteroatoms. The summed E-state index contributed by atoms with van der Waals surface area (Å²) in [6, 6.07) is 19.0. The minimum Gasteiger partial charge on any atom is -0.370 e. The SMILES string of the molecule is CN=C(N)N(CCCN1CCCC1)c1ccc(-c2ccccc2)cc1. The topological polar surface area (TPSA) is 44.9 Å². The highest BCUT2D eigenvalue weighted by atomic mass is 15.3. The summed E-state index contributed by atoms with van der Waals surface area (Å²) < 4.78 is 0. The molecule has 1 aliphatic heterocycles. The molecule has 0 spiro atoms. The van der Waals surface area contributed by atoms with Crippen molar-refractivity contribution in [3.8, 4) is 11.1 Å². The molecule has 1 saturated heterocycles. The minimum absolute atomic E-state index is 0.578. The number of anilines is 1. The van der Waals surface area contributed by atoms with E-state index in [9.17, 15) is 0 Å². The van der Waals surface area contributed by atoms with Crippen LogP contribution in [0.1, 0.15) is 19.3 Å². The van der Waals surface area contributed by atoms with E-state index >= 15 is 0 Å². The van der Waals surface area contributed by atoms with Crippen molar-refractivity contribution in [2.24, 2.45) is 10.7 Å². The number of guanidine groups is 1. The van der Waals surface area contributed by atoms with Crippen LogP contribution in [-0.2, 0) is 0 Å². The van der Waals surface area contributed by atoms with Crippen LogP contribution in [0, 0.1) is 0 Å². The Kier molecular flexibility index (Phi) is 6.07. The second-order valence-electron chi connectivity index (χ2n) is 6.55. The van der Waals surface area contributed by atoms with Crippen molar-refractivity contribution >= 4 is 11.6 Å². The maximum Gasteiger partial charge on any atom is 0.195 e. The molecule has 1 fully saturated rings. The maximum atomic E-state index is 6.15. The maximum absolute atomic E-state index is 6.15. The van der Waals surface area contributed by atoms with Crippen LogP contribution in [0.3, 0.4) is 0 Å². The molecule has 3 rings (SSSR count). The van der Waals surface area contributed by atoms with E-state index in [0.29, 0.717) is 5.96 Å². The zero-order chi connectivity index (χ0) is 17.5. The van der Waals surface area contributed by atoms with Crippen molar-refractivity contribution < 1.29 is 0 Å². The van der Waals surface area contributed by atoms with Gasteiger partial charge in [-0.3, -0.25) is 4.99 Å². The molecule has 0 amide bonds. The second kappa shape index (κ2) is 8.67. The van der Waals surface area contributed by atoms with Crippen LogP contribution in [0.5, 0.6) is 0 Å². The van der Waals surface area contributed by atoms with Crippen LogP contribution in [-0.4, -0.2) is 44.1 Å². The molecule has 0 atom stereocenters. The molecule has 2 N–H and O–H groups in total. The Labute approximate surface area is 151 Å². The Balaban J connectivity index is 1.67. The van der Waals surface area contributed by atoms with Gasteiger partial charge in [-0.1, -0.05) is 42.5 Å². The first kappa shape index (κ1) is 17.5. The average molecular weight is 336 g/mol. The van der Waals surface area contributed by atoms with Gasteiger partial charge in [0, 0.05) is 19.3 Å². The summed E-state index contributed by atoms with van der Waals surface area (Å²) in [5, 5.41) is 0. The minimum atomic E-state index is 0.578. The van der Waals surface area contributed by atoms with Gasteiger partial charge in [0.25, 0.3) is 0 Å². The smallest absolute Gasteiger partial charge is 0.195 e. The van der Waals surface area contributed by atoms with Crippen molar-refractivity contribution in [1.82, 2.24) is 4.90 Å². The molecule has 4 nitrogen and oxygen atoms in total. The fourth-order valence-electron chi connectivity index (χ4n) is 3.42. The normalized spacial score (nSPS) is 15.5. The van der Waals surface area contributed by atoms with Crippen molar-refractivity contribution in [2.75, 3.05) is 38.1 Å². The van der Waals surface area contributed by atoms with E-state index < -0.39 is 0 Å². The Morgan fingerprint density at radius 1 is 1.00 bits per heavy atom. The lowest BCUT2D eigenvalue weighted by Gasteiger charge is -2.25. The molecule has 1 heterocycles. The van der Waals surface area contributed by atoms with Crippen LogP contribution in [0.15, 0.2) is 59.6 Å². The third-order valence-electron chi connectivity index (χ3n) is 4.85. The van der Waals surface area contributed by atoms with E-state index in [-0.39, 0.29) is 0 Å². The van der Waals surface area contributed by atoms with Crippen LogP contribution >= 0.6 is 0 Å². The third kappa shape index (κ3) is 4.60. The lowest BCUT2D eigenvalue weighted by molar-refractivity contribution is 0.336. The van der Waals surface area contributed by atoms with Gasteiger partial charge in [-0.25, -0.2) is 0 Å². The van der Waals surface area contributed by atoms with E-state index in [1.165, 1.54) is 37.1 Å². The molecule has 2 aromatic rings. The first-order chi connectivity index (χ1) is 12.3. The van der Waals surface area contributed by atoms with Gasteiger partial charge in [-0.05, 0) is 62.2 Å². The van der Waals surface area contributed by atoms with E-state index in [4.69, 9.17) is 5.73 Å². The predicted molar refractivity (Wildman–Crippen MR) is 107 cm³/mol. The van der Waals surface area contributed by atoms with Gasteiger partial charge in [0.15, 0.2) is 5.96 Å². The third-order valence-corrected chi connectivity index (χ3v) is 4.85. The second-order valence-corrected chi connectivity index (χ2v) is 6.55. The first-order valence-electron chi connectivity index (χ1n) is 9.15. The van der Waals surface area contributed by atoms with Crippen molar-refractivity contribution in [3.63, 3.8) is 0 Å². The Hall–Kier alpha value is -2.33. The standard InChI is InChI=1S/C21H28N4/c1-23-21(22)25(17-7-16-24-14-5-6-15-24)20-12-10-19(11-13-20)18-8-3-2-4-9-18/h2-4,8-13H,5-7,14-17H2,1H3,(H2,22,23). The molecule has 0 saturated carbocycles. The fraction of sp³-hybridized carbons (Fsp3) is 0.381. The van der Waals surface area contributed by atoms with Crippen molar-refractivity contribution in [2.45, 2.75) is 19.3 Å². The quantitative estimate of drug-likeness (QED) is 0.648. The molecule has 0 unspecified atom stereocenters. The number of nitrogens with two attached hydrogens (primary N) is 1. The number of hydrogen-bond donors (Lipinski definition) is 1. The highest BCUT2D eigenvalue weighted by Crippen LogP contribution is 2.23. The van der Waals surface area contributed by atoms with E-state index in [2.05, 4.69) is 63.3 Å². The zero-order valence-corrected chi connectivity index (χ0v) is 15.1. The molecule has 2 aromatic carbocycles. The predicted octanol–water partition coefficient (Wildman–Crippen LogP) is 3.59. The average Bonchev–Trinajstić information content (AvgIpc) is 3.19. The lowest BCUT2D eigenvalue weighted by Crippen LogP contribution is -2.39. The fourth-order valence-corrected chi connectivity index (χ4v) is 3.42. The van der Waals surface area contributed by atoms with Gasteiger partial charge >= 0.3 is 0 Å². The van der Waals surface area contributed by atoms with Crippen LogP contribution < -0.4 is 10.6 Å². The molecule has 1 aliphatic rings. The van der Waals surface area contributed by atoms with Crippen molar-refractivity contribution in [1.29, 1.82) is 0 Å². The molecule has 132 valence electrons. The van der Waals surface area contributed by atoms with E-state index in [0.717, 1.165) is 25.2 Å². The van der Waals surface area contributed by atoms with E-state index in [1.54, 1.807) is 7.05 Å². The van der Waals surface area contributed by atoms with E-state index in [1.807, 2.05) is 6.07 Å². The number of rotatable bonds is 6. The van der Waals surface area contributed by atoms with Gasteiger partial charge in [0.1, 0.15) is 0 Å². The highest BCUT2D eigenvalue weighted by molar-refractivity contribution is 5.94. The van der Waals surface area contributed by atoms with Crippen molar-refractivity contribution in [3.05, 3.63) is 54.6 Å². The van der Waals surface area contributed by atoms with Gasteiger partial charge < -0.3 is 15.5 Å². The molecule has 0 radical (unpaired) electrons. The Morgan fingerprint density at radius 3 is 2.28 bits per heavy atom. The summed E-state index contributed by atoms with van der Waals surface area (Å²) in [7, 11) is 1.75. The molecular formula is C21H28N4. The molecular weight excluding hydrogens is 308 g/mol. The Bertz CT molecular complexity index is 673. The highest BCUT2D eigenvalue weighted by Gasteiger charge is 2.14. The lowest BCUT2D eigenvalue weighted by atomic mass is 10.1. The number of likely N-dealkylation sites (tertiary alicyclic amines) is 1. The number of aliphatic imine (C=N–C) groups is 1. The molecule has 0 bridgehead atoms. The van der Waals surface area contributed by atoms with Crippen LogP contribution in [0.2, 0.25) is 0 Å². The number of nitrogens with zero attached hydrogens (tertiary/aromatic N) is 3. The summed E-state index contributed by atoms with van der Waals surface area (Å²) >= 11 is 0. The largest absolute Gasteiger partial charge is 0.370 e. The number of hydrogen-bond acceptors (Lipinski definition) is 2.